The van der Waals surface area contributed by atoms with Gasteiger partial charge in [0, 0.05) is 31.2 Å². The first-order valence-electron chi connectivity index (χ1n) is 8.84. The second kappa shape index (κ2) is 8.13. The highest BCUT2D eigenvalue weighted by Crippen LogP contribution is 2.34. The molecule has 1 aliphatic heterocycles. The number of carbonyl (C=O) groups is 1. The van der Waals surface area contributed by atoms with Gasteiger partial charge in [-0.05, 0) is 37.0 Å². The fraction of sp³-hybridized carbons (Fsp3) is 0.318. The van der Waals surface area contributed by atoms with Crippen molar-refractivity contribution in [1.82, 2.24) is 5.32 Å². The minimum absolute atomic E-state index is 0.0349. The third-order valence-electron chi connectivity index (χ3n) is 4.94. The number of nitrogens with one attached hydrogen (secondary N) is 1. The minimum atomic E-state index is -0.0534. The van der Waals surface area contributed by atoms with Crippen LogP contribution in [0.5, 0.6) is 0 Å². The lowest BCUT2D eigenvalue weighted by atomic mass is 9.74. The van der Waals surface area contributed by atoms with E-state index >= 15 is 0 Å². The Morgan fingerprint density at radius 2 is 1.76 bits per heavy atom. The van der Waals surface area contributed by atoms with Crippen LogP contribution in [0.1, 0.15) is 29.5 Å². The molecule has 1 fully saturated rings. The third-order valence-corrected chi connectivity index (χ3v) is 4.94. The fourth-order valence-corrected chi connectivity index (χ4v) is 3.29. The van der Waals surface area contributed by atoms with Crippen molar-refractivity contribution < 1.29 is 9.53 Å². The molecule has 1 N–H and O–H groups in total. The molecule has 0 spiro atoms. The maximum absolute atomic E-state index is 12.3. The van der Waals surface area contributed by atoms with Gasteiger partial charge in [0.15, 0.2) is 0 Å². The van der Waals surface area contributed by atoms with Crippen molar-refractivity contribution in [3.8, 4) is 0 Å². The number of rotatable bonds is 5. The van der Waals surface area contributed by atoms with Gasteiger partial charge in [0.2, 0.25) is 5.91 Å². The number of benzene rings is 2. The van der Waals surface area contributed by atoms with Crippen LogP contribution >= 0.6 is 0 Å². The highest BCUT2D eigenvalue weighted by atomic mass is 16.5. The summed E-state index contributed by atoms with van der Waals surface area (Å²) in [6.45, 7) is 4.17. The van der Waals surface area contributed by atoms with Crippen molar-refractivity contribution in [1.29, 1.82) is 0 Å². The summed E-state index contributed by atoms with van der Waals surface area (Å²) in [7, 11) is 0. The van der Waals surface area contributed by atoms with E-state index in [9.17, 15) is 4.79 Å². The molecule has 1 aliphatic rings. The molecule has 0 aliphatic carbocycles. The van der Waals surface area contributed by atoms with Gasteiger partial charge in [-0.3, -0.25) is 4.79 Å². The summed E-state index contributed by atoms with van der Waals surface area (Å²) < 4.78 is 5.54. The molecule has 0 saturated carbocycles. The second-order valence-electron chi connectivity index (χ2n) is 6.72. The molecule has 1 amide bonds. The quantitative estimate of drug-likeness (QED) is 0.842. The van der Waals surface area contributed by atoms with Gasteiger partial charge in [-0.1, -0.05) is 60.2 Å². The van der Waals surface area contributed by atoms with Crippen LogP contribution in [0.25, 0.3) is 6.08 Å². The van der Waals surface area contributed by atoms with Gasteiger partial charge in [0.05, 0.1) is 0 Å². The zero-order chi connectivity index (χ0) is 17.5. The van der Waals surface area contributed by atoms with E-state index in [0.29, 0.717) is 6.54 Å². The number of amides is 1. The van der Waals surface area contributed by atoms with Crippen molar-refractivity contribution >= 4 is 12.0 Å². The Morgan fingerprint density at radius 1 is 1.08 bits per heavy atom. The molecular weight excluding hydrogens is 310 g/mol. The Labute approximate surface area is 149 Å². The van der Waals surface area contributed by atoms with E-state index in [0.717, 1.165) is 31.6 Å². The van der Waals surface area contributed by atoms with Gasteiger partial charge in [-0.2, -0.15) is 0 Å². The summed E-state index contributed by atoms with van der Waals surface area (Å²) in [6, 6.07) is 18.6. The van der Waals surface area contributed by atoms with Gasteiger partial charge in [0.25, 0.3) is 0 Å². The first kappa shape index (κ1) is 17.4. The largest absolute Gasteiger partial charge is 0.381 e. The number of carbonyl (C=O) groups excluding carboxylic acids is 1. The van der Waals surface area contributed by atoms with Crippen LogP contribution in [0.4, 0.5) is 0 Å². The average molecular weight is 335 g/mol. The van der Waals surface area contributed by atoms with E-state index in [1.165, 1.54) is 11.1 Å². The molecule has 0 unspecified atom stereocenters. The van der Waals surface area contributed by atoms with Gasteiger partial charge in [-0.25, -0.2) is 0 Å². The summed E-state index contributed by atoms with van der Waals surface area (Å²) in [5.74, 6) is -0.0534. The van der Waals surface area contributed by atoms with Crippen LogP contribution in [0.15, 0.2) is 60.7 Å². The fourth-order valence-electron chi connectivity index (χ4n) is 3.29. The maximum Gasteiger partial charge on any atom is 0.244 e. The molecule has 2 aromatic carbocycles. The normalized spacial score (nSPS) is 16.7. The van der Waals surface area contributed by atoms with E-state index in [-0.39, 0.29) is 11.3 Å². The van der Waals surface area contributed by atoms with Gasteiger partial charge in [-0.15, -0.1) is 0 Å². The highest BCUT2D eigenvalue weighted by Gasteiger charge is 2.34. The molecule has 0 aromatic heterocycles. The topological polar surface area (TPSA) is 38.3 Å². The molecule has 3 nitrogen and oxygen atoms in total. The maximum atomic E-state index is 12.3. The predicted octanol–water partition coefficient (Wildman–Crippen LogP) is 3.87. The Hall–Kier alpha value is -2.39. The van der Waals surface area contributed by atoms with Gasteiger partial charge < -0.3 is 10.1 Å². The molecule has 25 heavy (non-hydrogen) atoms. The average Bonchev–Trinajstić information content (AvgIpc) is 2.67. The smallest absolute Gasteiger partial charge is 0.244 e. The van der Waals surface area contributed by atoms with E-state index in [4.69, 9.17) is 4.74 Å². The molecule has 3 rings (SSSR count). The van der Waals surface area contributed by atoms with E-state index in [1.807, 2.05) is 36.4 Å². The zero-order valence-corrected chi connectivity index (χ0v) is 14.7. The monoisotopic (exact) mass is 335 g/mol. The molecule has 3 heteroatoms. The van der Waals surface area contributed by atoms with Gasteiger partial charge in [0.1, 0.15) is 0 Å². The lowest BCUT2D eigenvalue weighted by Gasteiger charge is -2.37. The summed E-state index contributed by atoms with van der Waals surface area (Å²) >= 11 is 0. The summed E-state index contributed by atoms with van der Waals surface area (Å²) in [6.07, 6.45) is 5.33. The van der Waals surface area contributed by atoms with Crippen molar-refractivity contribution in [3.05, 3.63) is 77.4 Å². The number of hydrogen-bond acceptors (Lipinski definition) is 2. The van der Waals surface area contributed by atoms with E-state index in [2.05, 4.69) is 36.5 Å². The summed E-state index contributed by atoms with van der Waals surface area (Å²) in [5, 5.41) is 3.09. The lowest BCUT2D eigenvalue weighted by Crippen LogP contribution is -2.44. The highest BCUT2D eigenvalue weighted by molar-refractivity contribution is 5.91. The Bertz CT molecular complexity index is 713. The molecule has 0 radical (unpaired) electrons. The van der Waals surface area contributed by atoms with E-state index in [1.54, 1.807) is 6.08 Å². The van der Waals surface area contributed by atoms with Crippen LogP contribution in [0.2, 0.25) is 0 Å². The van der Waals surface area contributed by atoms with Gasteiger partial charge >= 0.3 is 0 Å². The minimum Gasteiger partial charge on any atom is -0.381 e. The molecule has 0 atom stereocenters. The molecule has 0 bridgehead atoms. The standard InChI is InChI=1S/C22H25NO2/c1-18-7-9-19(10-8-18)11-12-21(24)23-17-22(13-15-25-16-14-22)20-5-3-2-4-6-20/h2-12H,13-17H2,1H3,(H,23,24)/b12-11+. The Kier molecular flexibility index (Phi) is 5.67. The number of hydrogen-bond donors (Lipinski definition) is 1. The molecule has 1 heterocycles. The van der Waals surface area contributed by atoms with Crippen LogP contribution in [-0.2, 0) is 14.9 Å². The first-order valence-corrected chi connectivity index (χ1v) is 8.84. The van der Waals surface area contributed by atoms with Crippen LogP contribution < -0.4 is 5.32 Å². The van der Waals surface area contributed by atoms with E-state index < -0.39 is 0 Å². The van der Waals surface area contributed by atoms with Crippen molar-refractivity contribution in [3.63, 3.8) is 0 Å². The van der Waals surface area contributed by atoms with Crippen LogP contribution in [0, 0.1) is 6.92 Å². The molecule has 1 saturated heterocycles. The first-order chi connectivity index (χ1) is 12.2. The SMILES string of the molecule is Cc1ccc(/C=C/C(=O)NCC2(c3ccccc3)CCOCC2)cc1. The summed E-state index contributed by atoms with van der Waals surface area (Å²) in [4.78, 5) is 12.3. The van der Waals surface area contributed by atoms with Crippen LogP contribution in [-0.4, -0.2) is 25.7 Å². The molecule has 130 valence electrons. The Balaban J connectivity index is 1.65. The number of aryl methyl sites for hydroxylation is 1. The second-order valence-corrected chi connectivity index (χ2v) is 6.72. The van der Waals surface area contributed by atoms with Crippen molar-refractivity contribution in [2.75, 3.05) is 19.8 Å². The van der Waals surface area contributed by atoms with Crippen molar-refractivity contribution in [2.24, 2.45) is 0 Å². The van der Waals surface area contributed by atoms with Crippen LogP contribution in [0.3, 0.4) is 0 Å². The summed E-state index contributed by atoms with van der Waals surface area (Å²) in [5.41, 5.74) is 3.49. The zero-order valence-electron chi connectivity index (χ0n) is 14.7. The molecular formula is C22H25NO2. The van der Waals surface area contributed by atoms with Crippen molar-refractivity contribution in [2.45, 2.75) is 25.2 Å². The Morgan fingerprint density at radius 3 is 2.44 bits per heavy atom. The molecule has 2 aromatic rings. The predicted molar refractivity (Wildman–Crippen MR) is 101 cm³/mol. The number of ether oxygens (including phenoxy) is 1. The third kappa shape index (κ3) is 4.58. The lowest BCUT2D eigenvalue weighted by molar-refractivity contribution is -0.116.